The van der Waals surface area contributed by atoms with Gasteiger partial charge >= 0.3 is 5.97 Å². The molecule has 0 fully saturated rings. The smallest absolute Gasteiger partial charge is 0.326 e. The average molecular weight is 187 g/mol. The molecule has 0 aromatic heterocycles. The molecule has 4 heteroatoms. The maximum atomic E-state index is 11.2. The number of likely N-dealkylation sites (N-methyl/N-ethyl adjacent to an activating group) is 1. The van der Waals surface area contributed by atoms with Gasteiger partial charge in [0.05, 0.1) is 0 Å². The molecule has 0 aromatic carbocycles. The molecule has 4 nitrogen and oxygen atoms in total. The molecule has 0 saturated heterocycles. The molecule has 0 N–H and O–H groups in total. The second-order valence-electron chi connectivity index (χ2n) is 3.96. The lowest BCUT2D eigenvalue weighted by atomic mass is 10.2. The third-order valence-corrected chi connectivity index (χ3v) is 1.32. The van der Waals surface area contributed by atoms with E-state index in [2.05, 4.69) is 0 Å². The SMILES string of the molecule is CC(=O)N(C)CC(=O)OC(C)(C)C. The minimum atomic E-state index is -0.491. The topological polar surface area (TPSA) is 46.6 Å². The molecular weight excluding hydrogens is 170 g/mol. The summed E-state index contributed by atoms with van der Waals surface area (Å²) < 4.78 is 5.03. The molecule has 0 unspecified atom stereocenters. The van der Waals surface area contributed by atoms with Gasteiger partial charge in [-0.05, 0) is 20.8 Å². The summed E-state index contributed by atoms with van der Waals surface area (Å²) >= 11 is 0. The average Bonchev–Trinajstić information content (AvgIpc) is 1.81. The molecule has 0 radical (unpaired) electrons. The van der Waals surface area contributed by atoms with Gasteiger partial charge in [0.1, 0.15) is 12.1 Å². The second kappa shape index (κ2) is 4.25. The number of ether oxygens (including phenoxy) is 1. The van der Waals surface area contributed by atoms with Crippen molar-refractivity contribution in [3.63, 3.8) is 0 Å². The number of carbonyl (C=O) groups excluding carboxylic acids is 2. The third-order valence-electron chi connectivity index (χ3n) is 1.32. The van der Waals surface area contributed by atoms with Crippen LogP contribution in [0.15, 0.2) is 0 Å². The van der Waals surface area contributed by atoms with E-state index in [1.165, 1.54) is 11.8 Å². The second-order valence-corrected chi connectivity index (χ2v) is 3.96. The summed E-state index contributed by atoms with van der Waals surface area (Å²) in [5.41, 5.74) is -0.491. The molecule has 0 saturated carbocycles. The number of carbonyl (C=O) groups is 2. The highest BCUT2D eigenvalue weighted by Crippen LogP contribution is 2.06. The minimum Gasteiger partial charge on any atom is -0.459 e. The molecule has 0 aliphatic heterocycles. The standard InChI is InChI=1S/C9H17NO3/c1-7(11)10(5)6-8(12)13-9(2,3)4/h6H2,1-5H3. The van der Waals surface area contributed by atoms with Gasteiger partial charge in [-0.2, -0.15) is 0 Å². The van der Waals surface area contributed by atoms with E-state index in [0.717, 1.165) is 0 Å². The van der Waals surface area contributed by atoms with Crippen LogP contribution in [0.1, 0.15) is 27.7 Å². The van der Waals surface area contributed by atoms with E-state index < -0.39 is 5.60 Å². The van der Waals surface area contributed by atoms with Gasteiger partial charge in [-0.15, -0.1) is 0 Å². The Labute approximate surface area is 78.9 Å². The third kappa shape index (κ3) is 6.13. The first kappa shape index (κ1) is 11.9. The number of rotatable bonds is 2. The Morgan fingerprint density at radius 2 is 1.77 bits per heavy atom. The Hall–Kier alpha value is -1.06. The summed E-state index contributed by atoms with van der Waals surface area (Å²) in [5.74, 6) is -0.531. The lowest BCUT2D eigenvalue weighted by molar-refractivity contribution is -0.157. The molecule has 0 aliphatic rings. The fourth-order valence-electron chi connectivity index (χ4n) is 0.679. The molecule has 13 heavy (non-hydrogen) atoms. The van der Waals surface area contributed by atoms with E-state index in [9.17, 15) is 9.59 Å². The van der Waals surface area contributed by atoms with E-state index in [4.69, 9.17) is 4.74 Å². The Balaban J connectivity index is 3.96. The maximum Gasteiger partial charge on any atom is 0.326 e. The van der Waals surface area contributed by atoms with E-state index in [-0.39, 0.29) is 18.4 Å². The van der Waals surface area contributed by atoms with Gasteiger partial charge < -0.3 is 9.64 Å². The number of esters is 1. The monoisotopic (exact) mass is 187 g/mol. The zero-order valence-electron chi connectivity index (χ0n) is 8.88. The zero-order valence-corrected chi connectivity index (χ0v) is 8.88. The Kier molecular flexibility index (Phi) is 3.91. The van der Waals surface area contributed by atoms with Crippen LogP contribution < -0.4 is 0 Å². The summed E-state index contributed by atoms with van der Waals surface area (Å²) in [4.78, 5) is 23.2. The van der Waals surface area contributed by atoms with Crippen molar-refractivity contribution >= 4 is 11.9 Å². The van der Waals surface area contributed by atoms with Gasteiger partial charge in [0.15, 0.2) is 0 Å². The molecule has 0 aliphatic carbocycles. The Bertz CT molecular complexity index is 205. The molecule has 0 aromatic rings. The molecule has 0 bridgehead atoms. The lowest BCUT2D eigenvalue weighted by Crippen LogP contribution is -2.34. The van der Waals surface area contributed by atoms with Crippen molar-refractivity contribution < 1.29 is 14.3 Å². The first-order valence-electron chi connectivity index (χ1n) is 4.16. The van der Waals surface area contributed by atoms with E-state index in [0.29, 0.717) is 0 Å². The van der Waals surface area contributed by atoms with Gasteiger partial charge in [0.25, 0.3) is 0 Å². The van der Waals surface area contributed by atoms with Crippen LogP contribution in [0.5, 0.6) is 0 Å². The highest BCUT2D eigenvalue weighted by molar-refractivity contribution is 5.80. The summed E-state index contributed by atoms with van der Waals surface area (Å²) in [7, 11) is 1.56. The molecule has 0 rings (SSSR count). The molecule has 76 valence electrons. The molecule has 0 spiro atoms. The Morgan fingerprint density at radius 3 is 2.08 bits per heavy atom. The van der Waals surface area contributed by atoms with Crippen LogP contribution in [0, 0.1) is 0 Å². The lowest BCUT2D eigenvalue weighted by Gasteiger charge is -2.21. The predicted molar refractivity (Wildman–Crippen MR) is 49.2 cm³/mol. The summed E-state index contributed by atoms with van der Waals surface area (Å²) in [6.07, 6.45) is 0. The fraction of sp³-hybridized carbons (Fsp3) is 0.778. The van der Waals surface area contributed by atoms with Gasteiger partial charge in [0.2, 0.25) is 5.91 Å². The van der Waals surface area contributed by atoms with Crippen molar-refractivity contribution in [1.82, 2.24) is 4.90 Å². The zero-order chi connectivity index (χ0) is 10.6. The predicted octanol–water partition coefficient (Wildman–Crippen LogP) is 0.806. The molecular formula is C9H17NO3. The fourth-order valence-corrected chi connectivity index (χ4v) is 0.679. The quantitative estimate of drug-likeness (QED) is 0.601. The van der Waals surface area contributed by atoms with Crippen molar-refractivity contribution in [2.24, 2.45) is 0 Å². The van der Waals surface area contributed by atoms with Gasteiger partial charge in [-0.1, -0.05) is 0 Å². The molecule has 0 heterocycles. The van der Waals surface area contributed by atoms with Gasteiger partial charge in [-0.3, -0.25) is 9.59 Å². The van der Waals surface area contributed by atoms with Crippen molar-refractivity contribution in [2.45, 2.75) is 33.3 Å². The summed E-state index contributed by atoms with van der Waals surface area (Å²) in [6.45, 7) is 6.78. The van der Waals surface area contributed by atoms with Crippen LogP contribution in [-0.2, 0) is 14.3 Å². The normalized spacial score (nSPS) is 10.8. The van der Waals surface area contributed by atoms with Crippen LogP contribution in [0.4, 0.5) is 0 Å². The summed E-state index contributed by atoms with van der Waals surface area (Å²) in [6, 6.07) is 0. The van der Waals surface area contributed by atoms with E-state index in [1.54, 1.807) is 27.8 Å². The van der Waals surface area contributed by atoms with Crippen LogP contribution in [0.2, 0.25) is 0 Å². The van der Waals surface area contributed by atoms with Gasteiger partial charge in [0, 0.05) is 14.0 Å². The van der Waals surface area contributed by atoms with Crippen LogP contribution >= 0.6 is 0 Å². The first-order valence-corrected chi connectivity index (χ1v) is 4.16. The number of amides is 1. The van der Waals surface area contributed by atoms with Crippen molar-refractivity contribution in [3.05, 3.63) is 0 Å². The highest BCUT2D eigenvalue weighted by atomic mass is 16.6. The van der Waals surface area contributed by atoms with Crippen LogP contribution in [0.3, 0.4) is 0 Å². The summed E-state index contributed by atoms with van der Waals surface area (Å²) in [5, 5.41) is 0. The van der Waals surface area contributed by atoms with Crippen LogP contribution in [0.25, 0.3) is 0 Å². The van der Waals surface area contributed by atoms with Crippen molar-refractivity contribution in [1.29, 1.82) is 0 Å². The van der Waals surface area contributed by atoms with E-state index in [1.807, 2.05) is 0 Å². The number of hydrogen-bond donors (Lipinski definition) is 0. The van der Waals surface area contributed by atoms with Gasteiger partial charge in [-0.25, -0.2) is 0 Å². The van der Waals surface area contributed by atoms with E-state index >= 15 is 0 Å². The maximum absolute atomic E-state index is 11.2. The number of hydrogen-bond acceptors (Lipinski definition) is 3. The minimum absolute atomic E-state index is 0.00655. The Morgan fingerprint density at radius 1 is 1.31 bits per heavy atom. The first-order chi connectivity index (χ1) is 5.72. The largest absolute Gasteiger partial charge is 0.459 e. The highest BCUT2D eigenvalue weighted by Gasteiger charge is 2.18. The van der Waals surface area contributed by atoms with Crippen molar-refractivity contribution in [3.8, 4) is 0 Å². The molecule has 1 amide bonds. The number of nitrogens with zero attached hydrogens (tertiary/aromatic N) is 1. The molecule has 0 atom stereocenters. The van der Waals surface area contributed by atoms with Crippen LogP contribution in [-0.4, -0.2) is 36.0 Å². The van der Waals surface area contributed by atoms with Crippen molar-refractivity contribution in [2.75, 3.05) is 13.6 Å².